The largest absolute Gasteiger partial charge is 0.382 e. The van der Waals surface area contributed by atoms with Crippen LogP contribution >= 0.6 is 0 Å². The highest BCUT2D eigenvalue weighted by molar-refractivity contribution is 5.94. The summed E-state index contributed by atoms with van der Waals surface area (Å²) in [4.78, 5) is 19.8. The van der Waals surface area contributed by atoms with Crippen LogP contribution in [-0.4, -0.2) is 15.9 Å². The molecule has 0 fully saturated rings. The fourth-order valence-corrected chi connectivity index (χ4v) is 3.68. The summed E-state index contributed by atoms with van der Waals surface area (Å²) in [7, 11) is 0. The molecule has 0 unspecified atom stereocenters. The number of nitrogens with two attached hydrogens (primary N) is 2. The minimum absolute atomic E-state index is 0.0115. The van der Waals surface area contributed by atoms with E-state index >= 15 is 0 Å². The van der Waals surface area contributed by atoms with Crippen LogP contribution in [0.15, 0.2) is 85.1 Å². The first-order valence-corrected chi connectivity index (χ1v) is 10.4. The van der Waals surface area contributed by atoms with Crippen LogP contribution in [0.4, 0.5) is 5.82 Å². The van der Waals surface area contributed by atoms with Gasteiger partial charge in [0.1, 0.15) is 0 Å². The second-order valence-corrected chi connectivity index (χ2v) is 7.58. The maximum Gasteiger partial charge on any atom is 0.271 e. The van der Waals surface area contributed by atoms with Crippen molar-refractivity contribution in [2.45, 2.75) is 19.5 Å². The van der Waals surface area contributed by atoms with E-state index < -0.39 is 5.91 Å². The average molecular weight is 424 g/mol. The molecule has 6 heteroatoms. The van der Waals surface area contributed by atoms with Gasteiger partial charge < -0.3 is 16.8 Å². The number of nitrogens with one attached hydrogen (secondary N) is 1. The lowest BCUT2D eigenvalue weighted by Crippen LogP contribution is -2.17. The van der Waals surface area contributed by atoms with Crippen LogP contribution in [0, 0.1) is 0 Å². The number of benzene rings is 3. The summed E-state index contributed by atoms with van der Waals surface area (Å²) in [6, 6.07) is 27.1. The van der Waals surface area contributed by atoms with Gasteiger partial charge in [0.05, 0.1) is 11.9 Å². The van der Waals surface area contributed by atoms with Gasteiger partial charge in [-0.1, -0.05) is 78.9 Å². The zero-order valence-corrected chi connectivity index (χ0v) is 17.7. The van der Waals surface area contributed by atoms with Crippen LogP contribution in [0.3, 0.4) is 0 Å². The van der Waals surface area contributed by atoms with Gasteiger partial charge in [-0.15, -0.1) is 0 Å². The number of primary amides is 1. The van der Waals surface area contributed by atoms with Crippen molar-refractivity contribution in [2.75, 3.05) is 5.73 Å². The highest BCUT2D eigenvalue weighted by atomic mass is 16.1. The van der Waals surface area contributed by atoms with E-state index in [0.29, 0.717) is 12.1 Å². The third-order valence-electron chi connectivity index (χ3n) is 5.21. The third kappa shape index (κ3) is 5.17. The van der Waals surface area contributed by atoms with Crippen molar-refractivity contribution in [3.63, 3.8) is 0 Å². The molecule has 0 radical (unpaired) electrons. The van der Waals surface area contributed by atoms with Gasteiger partial charge in [-0.2, -0.15) is 0 Å². The number of hydrogen-bond acceptors (Lipinski definition) is 5. The minimum Gasteiger partial charge on any atom is -0.382 e. The Kier molecular flexibility index (Phi) is 6.53. The molecule has 0 aliphatic carbocycles. The van der Waals surface area contributed by atoms with Crippen molar-refractivity contribution in [1.29, 1.82) is 0 Å². The van der Waals surface area contributed by atoms with Crippen LogP contribution in [0.1, 0.15) is 32.9 Å². The summed E-state index contributed by atoms with van der Waals surface area (Å²) in [5, 5.41) is 3.55. The lowest BCUT2D eigenvalue weighted by molar-refractivity contribution is 0.0996. The van der Waals surface area contributed by atoms with Gasteiger partial charge in [0.15, 0.2) is 11.5 Å². The molecule has 3 aromatic carbocycles. The van der Waals surface area contributed by atoms with E-state index in [1.807, 2.05) is 18.2 Å². The van der Waals surface area contributed by atoms with Crippen LogP contribution in [0.25, 0.3) is 11.1 Å². The molecule has 0 atom stereocenters. The first kappa shape index (κ1) is 21.2. The predicted octanol–water partition coefficient (Wildman–Crippen LogP) is 3.71. The molecule has 0 saturated heterocycles. The number of rotatable bonds is 8. The molecule has 0 spiro atoms. The Bertz CT molecular complexity index is 1220. The summed E-state index contributed by atoms with van der Waals surface area (Å²) in [6.45, 7) is 1.50. The third-order valence-corrected chi connectivity index (χ3v) is 5.21. The van der Waals surface area contributed by atoms with Crippen molar-refractivity contribution in [1.82, 2.24) is 15.3 Å². The number of nitrogen functional groups attached to an aromatic ring is 1. The summed E-state index contributed by atoms with van der Waals surface area (Å²) >= 11 is 0. The Balaban J connectivity index is 1.42. The zero-order chi connectivity index (χ0) is 22.3. The van der Waals surface area contributed by atoms with E-state index in [-0.39, 0.29) is 11.5 Å². The Morgan fingerprint density at radius 2 is 1.62 bits per heavy atom. The molecule has 160 valence electrons. The van der Waals surface area contributed by atoms with Crippen LogP contribution in [0.2, 0.25) is 0 Å². The first-order chi connectivity index (χ1) is 15.6. The normalized spacial score (nSPS) is 10.8. The highest BCUT2D eigenvalue weighted by Gasteiger charge is 2.11. The molecule has 1 heterocycles. The number of anilines is 1. The van der Waals surface area contributed by atoms with Crippen LogP contribution in [-0.2, 0) is 19.5 Å². The van der Waals surface area contributed by atoms with E-state index in [2.05, 4.69) is 75.9 Å². The van der Waals surface area contributed by atoms with Gasteiger partial charge in [-0.25, -0.2) is 9.97 Å². The smallest absolute Gasteiger partial charge is 0.271 e. The van der Waals surface area contributed by atoms with E-state index in [1.165, 1.54) is 22.3 Å². The Morgan fingerprint density at radius 1 is 0.875 bits per heavy atom. The maximum atomic E-state index is 11.5. The standard InChI is InChI=1S/C26H25N5O/c27-25-24(26(28)32)31-22(17-30-25)14-18-7-6-8-19(13-18)15-29-16-21-11-4-5-12-23(21)20-9-2-1-3-10-20/h1-13,17,29H,14-16H2,(H2,27,30)(H2,28,32). The molecular formula is C26H25N5O. The lowest BCUT2D eigenvalue weighted by Gasteiger charge is -2.12. The quantitative estimate of drug-likeness (QED) is 0.401. The number of amides is 1. The van der Waals surface area contributed by atoms with E-state index in [1.54, 1.807) is 6.20 Å². The number of carbonyl (C=O) groups is 1. The number of hydrogen-bond donors (Lipinski definition) is 3. The van der Waals surface area contributed by atoms with Gasteiger partial charge in [0.25, 0.3) is 5.91 Å². The van der Waals surface area contributed by atoms with Gasteiger partial charge in [-0.3, -0.25) is 4.79 Å². The van der Waals surface area contributed by atoms with E-state index in [0.717, 1.165) is 18.7 Å². The van der Waals surface area contributed by atoms with Crippen LogP contribution < -0.4 is 16.8 Å². The molecule has 1 aromatic heterocycles. The van der Waals surface area contributed by atoms with Crippen molar-refractivity contribution in [2.24, 2.45) is 5.73 Å². The van der Waals surface area contributed by atoms with Gasteiger partial charge in [0.2, 0.25) is 0 Å². The summed E-state index contributed by atoms with van der Waals surface area (Å²) in [5.74, 6) is -0.624. The Labute approximate surface area is 187 Å². The Hall–Kier alpha value is -4.03. The second-order valence-electron chi connectivity index (χ2n) is 7.58. The van der Waals surface area contributed by atoms with E-state index in [9.17, 15) is 4.79 Å². The molecule has 0 aliphatic heterocycles. The second kappa shape index (κ2) is 9.85. The Morgan fingerprint density at radius 3 is 2.44 bits per heavy atom. The molecule has 0 bridgehead atoms. The molecule has 5 N–H and O–H groups in total. The van der Waals surface area contributed by atoms with Crippen molar-refractivity contribution < 1.29 is 4.79 Å². The maximum absolute atomic E-state index is 11.5. The van der Waals surface area contributed by atoms with Crippen LogP contribution in [0.5, 0.6) is 0 Å². The van der Waals surface area contributed by atoms with E-state index in [4.69, 9.17) is 11.5 Å². The molecule has 32 heavy (non-hydrogen) atoms. The SMILES string of the molecule is NC(=O)c1nc(Cc2cccc(CNCc3ccccc3-c3ccccc3)c2)cnc1N. The molecule has 1 amide bonds. The monoisotopic (exact) mass is 423 g/mol. The topological polar surface area (TPSA) is 107 Å². The van der Waals surface area contributed by atoms with Crippen molar-refractivity contribution >= 4 is 11.7 Å². The summed E-state index contributed by atoms with van der Waals surface area (Å²) in [6.07, 6.45) is 2.12. The molecule has 0 aliphatic rings. The minimum atomic E-state index is -0.675. The van der Waals surface area contributed by atoms with Crippen molar-refractivity contribution in [3.8, 4) is 11.1 Å². The zero-order valence-electron chi connectivity index (χ0n) is 17.7. The summed E-state index contributed by atoms with van der Waals surface area (Å²) in [5.41, 5.74) is 17.6. The molecule has 6 nitrogen and oxygen atoms in total. The lowest BCUT2D eigenvalue weighted by atomic mass is 9.99. The number of carbonyl (C=O) groups excluding carboxylic acids is 1. The van der Waals surface area contributed by atoms with Gasteiger partial charge in [0, 0.05) is 19.5 Å². The van der Waals surface area contributed by atoms with Gasteiger partial charge >= 0.3 is 0 Å². The average Bonchev–Trinajstić information content (AvgIpc) is 2.81. The molecular weight excluding hydrogens is 398 g/mol. The molecule has 4 aromatic rings. The number of aromatic nitrogens is 2. The fraction of sp³-hybridized carbons (Fsp3) is 0.115. The summed E-state index contributed by atoms with van der Waals surface area (Å²) < 4.78 is 0. The van der Waals surface area contributed by atoms with Gasteiger partial charge in [-0.05, 0) is 27.8 Å². The molecule has 0 saturated carbocycles. The fourth-order valence-electron chi connectivity index (χ4n) is 3.68. The highest BCUT2D eigenvalue weighted by Crippen LogP contribution is 2.23. The predicted molar refractivity (Wildman–Crippen MR) is 127 cm³/mol. The number of nitrogens with zero attached hydrogens (tertiary/aromatic N) is 2. The first-order valence-electron chi connectivity index (χ1n) is 10.4. The van der Waals surface area contributed by atoms with Crippen molar-refractivity contribution in [3.05, 3.63) is 113 Å². The molecule has 4 rings (SSSR count).